The zero-order valence-corrected chi connectivity index (χ0v) is 10.8. The van der Waals surface area contributed by atoms with Gasteiger partial charge in [0.1, 0.15) is 11.9 Å². The Kier molecular flexibility index (Phi) is 2.87. The molecule has 98 valence electrons. The predicted octanol–water partition coefficient (Wildman–Crippen LogP) is 1.58. The Morgan fingerprint density at radius 1 is 1.56 bits per heavy atom. The van der Waals surface area contributed by atoms with Crippen molar-refractivity contribution in [2.75, 3.05) is 6.54 Å². The molecule has 4 atom stereocenters. The van der Waals surface area contributed by atoms with Gasteiger partial charge in [0.05, 0.1) is 5.69 Å². The molecule has 18 heavy (non-hydrogen) atoms. The minimum Gasteiger partial charge on any atom is -0.386 e. The van der Waals surface area contributed by atoms with Crippen LogP contribution in [0.5, 0.6) is 0 Å². The lowest BCUT2D eigenvalue weighted by Crippen LogP contribution is -2.41. The van der Waals surface area contributed by atoms with Crippen LogP contribution in [0.1, 0.15) is 43.3 Å². The van der Waals surface area contributed by atoms with Gasteiger partial charge >= 0.3 is 0 Å². The molecule has 3 N–H and O–H groups in total. The summed E-state index contributed by atoms with van der Waals surface area (Å²) in [5.41, 5.74) is 6.62. The summed E-state index contributed by atoms with van der Waals surface area (Å²) in [5.74, 6) is 2.04. The van der Waals surface area contributed by atoms with Gasteiger partial charge in [-0.15, -0.1) is 0 Å². The van der Waals surface area contributed by atoms with Gasteiger partial charge in [0.25, 0.3) is 0 Å². The molecule has 0 aromatic carbocycles. The van der Waals surface area contributed by atoms with Crippen LogP contribution >= 0.6 is 0 Å². The van der Waals surface area contributed by atoms with Crippen molar-refractivity contribution in [3.63, 3.8) is 0 Å². The van der Waals surface area contributed by atoms with Gasteiger partial charge in [-0.2, -0.15) is 0 Å². The Labute approximate surface area is 108 Å². The van der Waals surface area contributed by atoms with E-state index in [0.717, 1.165) is 18.0 Å². The number of aliphatic hydroxyl groups excluding tert-OH is 1. The zero-order chi connectivity index (χ0) is 12.8. The summed E-state index contributed by atoms with van der Waals surface area (Å²) in [7, 11) is 0. The smallest absolute Gasteiger partial charge is 0.125 e. The number of hydrogen-bond donors (Lipinski definition) is 2. The van der Waals surface area contributed by atoms with Crippen LogP contribution in [0, 0.1) is 24.2 Å². The van der Waals surface area contributed by atoms with E-state index in [0.29, 0.717) is 18.3 Å². The summed E-state index contributed by atoms with van der Waals surface area (Å²) in [4.78, 5) is 8.47. The first-order chi connectivity index (χ1) is 8.65. The second-order valence-electron chi connectivity index (χ2n) is 5.95. The van der Waals surface area contributed by atoms with E-state index in [1.54, 1.807) is 6.20 Å². The molecule has 1 heterocycles. The van der Waals surface area contributed by atoms with E-state index in [4.69, 9.17) is 5.73 Å². The fraction of sp³-hybridized carbons (Fsp3) is 0.714. The van der Waals surface area contributed by atoms with Gasteiger partial charge in [0.15, 0.2) is 0 Å². The topological polar surface area (TPSA) is 72.0 Å². The number of hydrogen-bond acceptors (Lipinski definition) is 4. The largest absolute Gasteiger partial charge is 0.386 e. The first-order valence-electron chi connectivity index (χ1n) is 6.83. The van der Waals surface area contributed by atoms with Crippen LogP contribution in [-0.2, 0) is 0 Å². The molecule has 2 bridgehead atoms. The molecule has 4 heteroatoms. The Hall–Kier alpha value is -1.00. The van der Waals surface area contributed by atoms with Gasteiger partial charge in [0.2, 0.25) is 0 Å². The third-order valence-electron chi connectivity index (χ3n) is 5.03. The molecule has 0 aliphatic heterocycles. The number of rotatable bonds is 3. The first-order valence-corrected chi connectivity index (χ1v) is 6.83. The van der Waals surface area contributed by atoms with Gasteiger partial charge in [-0.25, -0.2) is 9.97 Å². The number of aryl methyl sites for hydroxylation is 1. The second kappa shape index (κ2) is 4.28. The van der Waals surface area contributed by atoms with E-state index in [1.807, 2.05) is 13.0 Å². The molecule has 0 spiro atoms. The summed E-state index contributed by atoms with van der Waals surface area (Å²) < 4.78 is 0. The van der Waals surface area contributed by atoms with Crippen LogP contribution in [0.4, 0.5) is 0 Å². The Balaban J connectivity index is 1.93. The van der Waals surface area contributed by atoms with E-state index >= 15 is 0 Å². The maximum Gasteiger partial charge on any atom is 0.125 e. The van der Waals surface area contributed by atoms with Gasteiger partial charge in [-0.1, -0.05) is 6.42 Å². The highest BCUT2D eigenvalue weighted by atomic mass is 16.3. The minimum atomic E-state index is -0.542. The summed E-state index contributed by atoms with van der Waals surface area (Å²) in [6, 6.07) is 1.82. The van der Waals surface area contributed by atoms with Crippen LogP contribution in [0.2, 0.25) is 0 Å². The highest BCUT2D eigenvalue weighted by molar-refractivity contribution is 5.14. The van der Waals surface area contributed by atoms with Crippen molar-refractivity contribution in [1.82, 2.24) is 9.97 Å². The standard InChI is InChI=1S/C14H21N3O/c1-9-16-5-4-12(17-9)13(18)14(8-15)7-10-2-3-11(14)6-10/h4-5,10-11,13,18H,2-3,6-8,15H2,1H3. The molecule has 1 aromatic heterocycles. The third-order valence-corrected chi connectivity index (χ3v) is 5.03. The fourth-order valence-corrected chi connectivity index (χ4v) is 4.10. The lowest BCUT2D eigenvalue weighted by molar-refractivity contribution is -0.0159. The molecule has 2 aliphatic carbocycles. The van der Waals surface area contributed by atoms with E-state index in [9.17, 15) is 5.11 Å². The Morgan fingerprint density at radius 2 is 2.39 bits per heavy atom. The minimum absolute atomic E-state index is 0.149. The molecule has 0 saturated heterocycles. The van der Waals surface area contributed by atoms with E-state index in [1.165, 1.54) is 19.3 Å². The quantitative estimate of drug-likeness (QED) is 0.850. The molecule has 4 unspecified atom stereocenters. The second-order valence-corrected chi connectivity index (χ2v) is 5.95. The lowest BCUT2D eigenvalue weighted by Gasteiger charge is -2.40. The first kappa shape index (κ1) is 12.1. The highest BCUT2D eigenvalue weighted by Gasteiger charge is 2.54. The van der Waals surface area contributed by atoms with Crippen LogP contribution in [0.15, 0.2) is 12.3 Å². The van der Waals surface area contributed by atoms with E-state index in [2.05, 4.69) is 9.97 Å². The summed E-state index contributed by atoms with van der Waals surface area (Å²) in [6.07, 6.45) is 5.99. The van der Waals surface area contributed by atoms with E-state index in [-0.39, 0.29) is 5.41 Å². The van der Waals surface area contributed by atoms with Crippen molar-refractivity contribution in [2.45, 2.75) is 38.7 Å². The molecular formula is C14H21N3O. The lowest BCUT2D eigenvalue weighted by atomic mass is 9.68. The Bertz CT molecular complexity index is 450. The van der Waals surface area contributed by atoms with Crippen molar-refractivity contribution in [3.8, 4) is 0 Å². The van der Waals surface area contributed by atoms with Gasteiger partial charge in [0, 0.05) is 18.2 Å². The number of nitrogens with two attached hydrogens (primary N) is 1. The average Bonchev–Trinajstić information content (AvgIpc) is 2.98. The molecule has 3 rings (SSSR count). The molecule has 0 radical (unpaired) electrons. The zero-order valence-electron chi connectivity index (χ0n) is 10.8. The summed E-state index contributed by atoms with van der Waals surface area (Å²) in [6.45, 7) is 2.41. The number of fused-ring (bicyclic) bond motifs is 2. The molecule has 2 fully saturated rings. The molecular weight excluding hydrogens is 226 g/mol. The van der Waals surface area contributed by atoms with Crippen LogP contribution in [-0.4, -0.2) is 21.6 Å². The number of aromatic nitrogens is 2. The van der Waals surface area contributed by atoms with Crippen LogP contribution in [0.3, 0.4) is 0 Å². The van der Waals surface area contributed by atoms with Crippen molar-refractivity contribution < 1.29 is 5.11 Å². The fourth-order valence-electron chi connectivity index (χ4n) is 4.10. The van der Waals surface area contributed by atoms with Crippen molar-refractivity contribution in [2.24, 2.45) is 23.0 Å². The monoisotopic (exact) mass is 247 g/mol. The van der Waals surface area contributed by atoms with Gasteiger partial charge < -0.3 is 10.8 Å². The van der Waals surface area contributed by atoms with Gasteiger partial charge in [-0.05, 0) is 44.1 Å². The highest BCUT2D eigenvalue weighted by Crippen LogP contribution is 2.60. The van der Waals surface area contributed by atoms with E-state index < -0.39 is 6.10 Å². The molecule has 1 aromatic rings. The Morgan fingerprint density at radius 3 is 2.94 bits per heavy atom. The average molecular weight is 247 g/mol. The van der Waals surface area contributed by atoms with Crippen molar-refractivity contribution in [1.29, 1.82) is 0 Å². The van der Waals surface area contributed by atoms with Crippen LogP contribution < -0.4 is 5.73 Å². The maximum absolute atomic E-state index is 10.7. The van der Waals surface area contributed by atoms with Gasteiger partial charge in [-0.3, -0.25) is 0 Å². The van der Waals surface area contributed by atoms with Crippen molar-refractivity contribution in [3.05, 3.63) is 23.8 Å². The predicted molar refractivity (Wildman–Crippen MR) is 68.7 cm³/mol. The van der Waals surface area contributed by atoms with Crippen molar-refractivity contribution >= 4 is 0 Å². The molecule has 2 aliphatic rings. The molecule has 0 amide bonds. The SMILES string of the molecule is Cc1nccc(C(O)C2(CN)CC3CCC2C3)n1. The summed E-state index contributed by atoms with van der Waals surface area (Å²) in [5, 5.41) is 10.7. The number of nitrogens with zero attached hydrogens (tertiary/aromatic N) is 2. The third kappa shape index (κ3) is 1.67. The van der Waals surface area contributed by atoms with Crippen LogP contribution in [0.25, 0.3) is 0 Å². The molecule has 4 nitrogen and oxygen atoms in total. The number of aliphatic hydroxyl groups is 1. The summed E-state index contributed by atoms with van der Waals surface area (Å²) >= 11 is 0. The molecule has 2 saturated carbocycles. The maximum atomic E-state index is 10.7. The normalized spacial score (nSPS) is 35.9.